The van der Waals surface area contributed by atoms with E-state index in [1.807, 2.05) is 0 Å². The molecule has 2 N–H and O–H groups in total. The molecule has 1 fully saturated rings. The van der Waals surface area contributed by atoms with E-state index >= 15 is 0 Å². The van der Waals surface area contributed by atoms with Gasteiger partial charge in [-0.1, -0.05) is 24.3 Å². The molecule has 0 spiro atoms. The Bertz CT molecular complexity index is 358. The molecule has 2 nitrogen and oxygen atoms in total. The minimum atomic E-state index is 0.261. The van der Waals surface area contributed by atoms with E-state index in [2.05, 4.69) is 31.2 Å². The first kappa shape index (κ1) is 13.6. The molecule has 1 aromatic rings. The van der Waals surface area contributed by atoms with Crippen LogP contribution in [0.25, 0.3) is 0 Å². The van der Waals surface area contributed by atoms with E-state index in [1.165, 1.54) is 30.4 Å². The van der Waals surface area contributed by atoms with Crippen LogP contribution in [0.1, 0.15) is 43.2 Å². The molecular formula is C16H25NO. The average Bonchev–Trinajstić information content (AvgIpc) is 2.40. The Balaban J connectivity index is 1.74. The summed E-state index contributed by atoms with van der Waals surface area (Å²) in [5.41, 5.74) is 8.97. The zero-order chi connectivity index (χ0) is 12.8. The maximum atomic E-state index is 6.24. The number of ether oxygens (including phenoxy) is 1. The number of benzene rings is 1. The smallest absolute Gasteiger partial charge is 0.0575 e. The van der Waals surface area contributed by atoms with E-state index in [1.54, 1.807) is 0 Å². The van der Waals surface area contributed by atoms with Crippen LogP contribution in [-0.4, -0.2) is 18.8 Å². The summed E-state index contributed by atoms with van der Waals surface area (Å²) in [6.45, 7) is 3.10. The van der Waals surface area contributed by atoms with Crippen LogP contribution in [0, 0.1) is 6.92 Å². The quantitative estimate of drug-likeness (QED) is 0.867. The predicted molar refractivity (Wildman–Crippen MR) is 75.7 cm³/mol. The van der Waals surface area contributed by atoms with Crippen LogP contribution >= 0.6 is 0 Å². The van der Waals surface area contributed by atoms with E-state index in [0.29, 0.717) is 6.10 Å². The minimum absolute atomic E-state index is 0.261. The Morgan fingerprint density at radius 2 is 2.17 bits per heavy atom. The summed E-state index contributed by atoms with van der Waals surface area (Å²) in [4.78, 5) is 0. The van der Waals surface area contributed by atoms with Gasteiger partial charge in [-0.3, -0.25) is 0 Å². The van der Waals surface area contributed by atoms with Gasteiger partial charge in [0.25, 0.3) is 0 Å². The Kier molecular flexibility index (Phi) is 5.21. The van der Waals surface area contributed by atoms with Gasteiger partial charge in [0.05, 0.1) is 6.10 Å². The molecule has 0 aliphatic carbocycles. The first-order chi connectivity index (χ1) is 8.75. The summed E-state index contributed by atoms with van der Waals surface area (Å²) >= 11 is 0. The zero-order valence-electron chi connectivity index (χ0n) is 11.4. The summed E-state index contributed by atoms with van der Waals surface area (Å²) < 4.78 is 5.75. The maximum Gasteiger partial charge on any atom is 0.0575 e. The van der Waals surface area contributed by atoms with Crippen LogP contribution in [0.3, 0.4) is 0 Å². The van der Waals surface area contributed by atoms with Crippen molar-refractivity contribution in [1.82, 2.24) is 0 Å². The SMILES string of the molecule is Cc1ccccc1CC(N)CCC1CCCCO1. The van der Waals surface area contributed by atoms with Gasteiger partial charge in [-0.25, -0.2) is 0 Å². The number of hydrogen-bond donors (Lipinski definition) is 1. The van der Waals surface area contributed by atoms with Crippen molar-refractivity contribution in [3.05, 3.63) is 35.4 Å². The van der Waals surface area contributed by atoms with Crippen molar-refractivity contribution < 1.29 is 4.74 Å². The Hall–Kier alpha value is -0.860. The number of hydrogen-bond acceptors (Lipinski definition) is 2. The largest absolute Gasteiger partial charge is 0.378 e. The summed E-state index contributed by atoms with van der Waals surface area (Å²) in [6, 6.07) is 8.79. The van der Waals surface area contributed by atoms with Crippen molar-refractivity contribution in [2.75, 3.05) is 6.61 Å². The molecule has 18 heavy (non-hydrogen) atoms. The molecule has 2 heteroatoms. The molecule has 1 aliphatic rings. The highest BCUT2D eigenvalue weighted by Crippen LogP contribution is 2.18. The lowest BCUT2D eigenvalue weighted by Gasteiger charge is -2.24. The van der Waals surface area contributed by atoms with Gasteiger partial charge in [0.1, 0.15) is 0 Å². The lowest BCUT2D eigenvalue weighted by atomic mass is 9.96. The van der Waals surface area contributed by atoms with Crippen molar-refractivity contribution >= 4 is 0 Å². The van der Waals surface area contributed by atoms with E-state index < -0.39 is 0 Å². The van der Waals surface area contributed by atoms with Gasteiger partial charge in [-0.15, -0.1) is 0 Å². The van der Waals surface area contributed by atoms with E-state index in [9.17, 15) is 0 Å². The Morgan fingerprint density at radius 1 is 1.33 bits per heavy atom. The first-order valence-electron chi connectivity index (χ1n) is 7.17. The third-order valence-electron chi connectivity index (χ3n) is 3.88. The van der Waals surface area contributed by atoms with Crippen molar-refractivity contribution in [3.8, 4) is 0 Å². The second-order valence-corrected chi connectivity index (χ2v) is 5.46. The fraction of sp³-hybridized carbons (Fsp3) is 0.625. The highest BCUT2D eigenvalue weighted by atomic mass is 16.5. The molecule has 0 radical (unpaired) electrons. The summed E-state index contributed by atoms with van der Waals surface area (Å²) in [6.07, 6.45) is 7.40. The molecule has 2 rings (SSSR count). The number of rotatable bonds is 5. The molecule has 1 saturated heterocycles. The van der Waals surface area contributed by atoms with Crippen molar-refractivity contribution in [2.24, 2.45) is 5.73 Å². The average molecular weight is 247 g/mol. The molecule has 0 aromatic heterocycles. The molecule has 1 heterocycles. The topological polar surface area (TPSA) is 35.2 Å². The molecule has 2 atom stereocenters. The number of nitrogens with two attached hydrogens (primary N) is 1. The van der Waals surface area contributed by atoms with Crippen LogP contribution in [0.5, 0.6) is 0 Å². The van der Waals surface area contributed by atoms with E-state index in [-0.39, 0.29) is 6.04 Å². The molecule has 0 bridgehead atoms. The Morgan fingerprint density at radius 3 is 2.89 bits per heavy atom. The monoisotopic (exact) mass is 247 g/mol. The van der Waals surface area contributed by atoms with Crippen molar-refractivity contribution in [2.45, 2.75) is 57.6 Å². The molecule has 2 unspecified atom stereocenters. The molecule has 0 amide bonds. The van der Waals surface area contributed by atoms with Gasteiger partial charge < -0.3 is 10.5 Å². The van der Waals surface area contributed by atoms with Gasteiger partial charge in [0, 0.05) is 12.6 Å². The fourth-order valence-electron chi connectivity index (χ4n) is 2.66. The van der Waals surface area contributed by atoms with Crippen molar-refractivity contribution in [3.63, 3.8) is 0 Å². The van der Waals surface area contributed by atoms with Crippen molar-refractivity contribution in [1.29, 1.82) is 0 Å². The van der Waals surface area contributed by atoms with Gasteiger partial charge in [0.15, 0.2) is 0 Å². The fourth-order valence-corrected chi connectivity index (χ4v) is 2.66. The maximum absolute atomic E-state index is 6.24. The third-order valence-corrected chi connectivity index (χ3v) is 3.88. The van der Waals surface area contributed by atoms with Gasteiger partial charge in [-0.2, -0.15) is 0 Å². The normalized spacial score (nSPS) is 21.8. The molecule has 1 aliphatic heterocycles. The molecular weight excluding hydrogens is 222 g/mol. The molecule has 0 saturated carbocycles. The van der Waals surface area contributed by atoms with E-state index in [4.69, 9.17) is 10.5 Å². The summed E-state index contributed by atoms with van der Waals surface area (Å²) in [7, 11) is 0. The van der Waals surface area contributed by atoms with Gasteiger partial charge in [0.2, 0.25) is 0 Å². The second-order valence-electron chi connectivity index (χ2n) is 5.46. The highest BCUT2D eigenvalue weighted by Gasteiger charge is 2.15. The lowest BCUT2D eigenvalue weighted by Crippen LogP contribution is -2.27. The second kappa shape index (κ2) is 6.91. The predicted octanol–water partition coefficient (Wildman–Crippen LogP) is 3.21. The first-order valence-corrected chi connectivity index (χ1v) is 7.17. The zero-order valence-corrected chi connectivity index (χ0v) is 11.4. The lowest BCUT2D eigenvalue weighted by molar-refractivity contribution is 0.00915. The summed E-state index contributed by atoms with van der Waals surface area (Å²) in [5.74, 6) is 0. The van der Waals surface area contributed by atoms with Crippen LogP contribution in [0.4, 0.5) is 0 Å². The van der Waals surface area contributed by atoms with Gasteiger partial charge in [-0.05, 0) is 56.6 Å². The van der Waals surface area contributed by atoms with Gasteiger partial charge >= 0.3 is 0 Å². The van der Waals surface area contributed by atoms with E-state index in [0.717, 1.165) is 25.9 Å². The van der Waals surface area contributed by atoms with Crippen LogP contribution in [-0.2, 0) is 11.2 Å². The highest BCUT2D eigenvalue weighted by molar-refractivity contribution is 5.26. The number of aryl methyl sites for hydroxylation is 1. The van der Waals surface area contributed by atoms with Crippen LogP contribution < -0.4 is 5.73 Å². The minimum Gasteiger partial charge on any atom is -0.378 e. The third kappa shape index (κ3) is 4.11. The van der Waals surface area contributed by atoms with Crippen LogP contribution in [0.2, 0.25) is 0 Å². The summed E-state index contributed by atoms with van der Waals surface area (Å²) in [5, 5.41) is 0. The molecule has 100 valence electrons. The molecule has 1 aromatic carbocycles. The standard InChI is InChI=1S/C16H25NO/c1-13-6-2-3-7-14(13)12-15(17)9-10-16-8-4-5-11-18-16/h2-3,6-7,15-16H,4-5,8-12,17H2,1H3. The Labute approximate surface area is 111 Å². The van der Waals surface area contributed by atoms with Crippen LogP contribution in [0.15, 0.2) is 24.3 Å².